The number of benzene rings is 1. The number of nitrogens with zero attached hydrogens (tertiary/aromatic N) is 2. The Bertz CT molecular complexity index is 501. The average molecular weight is 259 g/mol. The highest BCUT2D eigenvalue weighted by Gasteiger charge is 2.21. The van der Waals surface area contributed by atoms with Crippen molar-refractivity contribution in [3.8, 4) is 10.4 Å². The first-order valence-corrected chi connectivity index (χ1v) is 7.15. The number of thiazole rings is 1. The van der Waals surface area contributed by atoms with Gasteiger partial charge in [0.05, 0.1) is 9.88 Å². The fraction of sp³-hybridized carbons (Fsp3) is 0.357. The molecule has 0 amide bonds. The van der Waals surface area contributed by atoms with Crippen molar-refractivity contribution in [2.24, 2.45) is 5.84 Å². The van der Waals surface area contributed by atoms with Crippen LogP contribution in [0.25, 0.3) is 10.4 Å². The maximum absolute atomic E-state index is 5.79. The topological polar surface area (TPSA) is 42.1 Å². The molecule has 4 heteroatoms. The summed E-state index contributed by atoms with van der Waals surface area (Å²) in [5, 5.41) is 3.17. The van der Waals surface area contributed by atoms with E-state index in [-0.39, 0.29) is 0 Å². The molecular weight excluding hydrogens is 242 g/mol. The lowest BCUT2D eigenvalue weighted by atomic mass is 9.99. The van der Waals surface area contributed by atoms with E-state index in [4.69, 9.17) is 5.84 Å². The molecule has 1 aromatic heterocycles. The maximum Gasteiger partial charge on any atom is 0.0963 e. The Labute approximate surface area is 111 Å². The zero-order chi connectivity index (χ0) is 12.4. The predicted molar refractivity (Wildman–Crippen MR) is 75.3 cm³/mol. The summed E-state index contributed by atoms with van der Waals surface area (Å²) in [6, 6.07) is 10.5. The summed E-state index contributed by atoms with van der Waals surface area (Å²) in [5.41, 5.74) is 1.26. The molecule has 0 unspecified atom stereocenters. The van der Waals surface area contributed by atoms with Crippen molar-refractivity contribution in [2.75, 3.05) is 13.1 Å². The van der Waals surface area contributed by atoms with Gasteiger partial charge in [-0.1, -0.05) is 30.3 Å². The molecule has 0 bridgehead atoms. The third-order valence-corrected chi connectivity index (χ3v) is 4.67. The SMILES string of the molecule is NN1CCC(c2ncc(-c3ccccc3)s2)CC1. The molecule has 0 aliphatic carbocycles. The molecule has 0 atom stereocenters. The monoisotopic (exact) mass is 259 g/mol. The summed E-state index contributed by atoms with van der Waals surface area (Å²) in [6.45, 7) is 1.95. The van der Waals surface area contributed by atoms with Crippen LogP contribution in [0.5, 0.6) is 0 Å². The van der Waals surface area contributed by atoms with Crippen molar-refractivity contribution in [2.45, 2.75) is 18.8 Å². The van der Waals surface area contributed by atoms with Crippen LogP contribution < -0.4 is 5.84 Å². The standard InChI is InChI=1S/C14H17N3S/c15-17-8-6-12(7-9-17)14-16-10-13(18-14)11-4-2-1-3-5-11/h1-5,10,12H,6-9,15H2. The van der Waals surface area contributed by atoms with E-state index >= 15 is 0 Å². The van der Waals surface area contributed by atoms with Crippen molar-refractivity contribution in [1.82, 2.24) is 9.99 Å². The second-order valence-electron chi connectivity index (χ2n) is 4.74. The van der Waals surface area contributed by atoms with Gasteiger partial charge in [-0.05, 0) is 18.4 Å². The molecule has 2 heterocycles. The third kappa shape index (κ3) is 2.46. The fourth-order valence-corrected chi connectivity index (χ4v) is 3.45. The molecule has 0 radical (unpaired) electrons. The molecule has 1 saturated heterocycles. The van der Waals surface area contributed by atoms with Crippen LogP contribution in [0.3, 0.4) is 0 Å². The molecular formula is C14H17N3S. The molecule has 3 nitrogen and oxygen atoms in total. The number of hydrazine groups is 1. The van der Waals surface area contributed by atoms with Gasteiger partial charge in [0.25, 0.3) is 0 Å². The van der Waals surface area contributed by atoms with Gasteiger partial charge in [-0.25, -0.2) is 9.99 Å². The van der Waals surface area contributed by atoms with Crippen LogP contribution in [0.4, 0.5) is 0 Å². The highest BCUT2D eigenvalue weighted by atomic mass is 32.1. The van der Waals surface area contributed by atoms with E-state index in [0.29, 0.717) is 5.92 Å². The van der Waals surface area contributed by atoms with Crippen molar-refractivity contribution in [3.63, 3.8) is 0 Å². The summed E-state index contributed by atoms with van der Waals surface area (Å²) in [6.07, 6.45) is 4.25. The summed E-state index contributed by atoms with van der Waals surface area (Å²) in [5.74, 6) is 6.38. The molecule has 1 aromatic carbocycles. The maximum atomic E-state index is 5.79. The minimum Gasteiger partial charge on any atom is -0.269 e. The molecule has 1 fully saturated rings. The van der Waals surface area contributed by atoms with E-state index in [0.717, 1.165) is 25.9 Å². The van der Waals surface area contributed by atoms with Gasteiger partial charge in [0.2, 0.25) is 0 Å². The summed E-state index contributed by atoms with van der Waals surface area (Å²) in [7, 11) is 0. The van der Waals surface area contributed by atoms with Gasteiger partial charge in [-0.2, -0.15) is 0 Å². The highest BCUT2D eigenvalue weighted by Crippen LogP contribution is 2.34. The number of rotatable bonds is 2. The number of hydrogen-bond acceptors (Lipinski definition) is 4. The smallest absolute Gasteiger partial charge is 0.0963 e. The van der Waals surface area contributed by atoms with Crippen molar-refractivity contribution >= 4 is 11.3 Å². The van der Waals surface area contributed by atoms with Crippen LogP contribution in [0, 0.1) is 0 Å². The quantitative estimate of drug-likeness (QED) is 0.843. The Morgan fingerprint density at radius 3 is 2.61 bits per heavy atom. The molecule has 0 saturated carbocycles. The summed E-state index contributed by atoms with van der Waals surface area (Å²) in [4.78, 5) is 5.87. The van der Waals surface area contributed by atoms with Crippen molar-refractivity contribution in [1.29, 1.82) is 0 Å². The van der Waals surface area contributed by atoms with Crippen LogP contribution in [0.15, 0.2) is 36.5 Å². The Hall–Kier alpha value is -1.23. The number of piperidine rings is 1. The van der Waals surface area contributed by atoms with Crippen LogP contribution in [0.1, 0.15) is 23.8 Å². The van der Waals surface area contributed by atoms with Crippen LogP contribution in [-0.4, -0.2) is 23.1 Å². The molecule has 3 rings (SSSR count). The second kappa shape index (κ2) is 5.18. The van der Waals surface area contributed by atoms with Gasteiger partial charge in [0.15, 0.2) is 0 Å². The minimum atomic E-state index is 0.590. The zero-order valence-electron chi connectivity index (χ0n) is 10.2. The molecule has 2 N–H and O–H groups in total. The third-order valence-electron chi connectivity index (χ3n) is 3.46. The minimum absolute atomic E-state index is 0.590. The molecule has 2 aromatic rings. The van der Waals surface area contributed by atoms with Crippen molar-refractivity contribution < 1.29 is 0 Å². The average Bonchev–Trinajstić information content (AvgIpc) is 2.90. The molecule has 1 aliphatic heterocycles. The van der Waals surface area contributed by atoms with E-state index in [9.17, 15) is 0 Å². The Morgan fingerprint density at radius 2 is 1.89 bits per heavy atom. The normalized spacial score (nSPS) is 18.1. The van der Waals surface area contributed by atoms with Gasteiger partial charge in [0.1, 0.15) is 0 Å². The van der Waals surface area contributed by atoms with Gasteiger partial charge in [-0.3, -0.25) is 5.84 Å². The first kappa shape index (κ1) is 11.8. The first-order valence-electron chi connectivity index (χ1n) is 6.34. The number of nitrogens with two attached hydrogens (primary N) is 1. The Morgan fingerprint density at radius 1 is 1.17 bits per heavy atom. The van der Waals surface area contributed by atoms with Crippen LogP contribution >= 0.6 is 11.3 Å². The van der Waals surface area contributed by atoms with Gasteiger partial charge < -0.3 is 0 Å². The summed E-state index contributed by atoms with van der Waals surface area (Å²) >= 11 is 1.82. The molecule has 1 aliphatic rings. The van der Waals surface area contributed by atoms with Gasteiger partial charge in [0, 0.05) is 25.2 Å². The van der Waals surface area contributed by atoms with E-state index in [1.807, 2.05) is 28.6 Å². The summed E-state index contributed by atoms with van der Waals surface area (Å²) < 4.78 is 0. The predicted octanol–water partition coefficient (Wildman–Crippen LogP) is 2.86. The van der Waals surface area contributed by atoms with Crippen LogP contribution in [-0.2, 0) is 0 Å². The zero-order valence-corrected chi connectivity index (χ0v) is 11.1. The lowest BCUT2D eigenvalue weighted by molar-refractivity contribution is 0.217. The van der Waals surface area contributed by atoms with Crippen molar-refractivity contribution in [3.05, 3.63) is 41.5 Å². The lowest BCUT2D eigenvalue weighted by Crippen LogP contribution is -2.38. The number of aromatic nitrogens is 1. The van der Waals surface area contributed by atoms with E-state index in [1.54, 1.807) is 0 Å². The molecule has 0 spiro atoms. The Kier molecular flexibility index (Phi) is 3.41. The largest absolute Gasteiger partial charge is 0.269 e. The van der Waals surface area contributed by atoms with E-state index in [1.165, 1.54) is 15.4 Å². The Balaban J connectivity index is 1.78. The highest BCUT2D eigenvalue weighted by molar-refractivity contribution is 7.15. The first-order chi connectivity index (χ1) is 8.83. The van der Waals surface area contributed by atoms with Crippen LogP contribution in [0.2, 0.25) is 0 Å². The number of hydrogen-bond donors (Lipinski definition) is 1. The lowest BCUT2D eigenvalue weighted by Gasteiger charge is -2.27. The molecule has 18 heavy (non-hydrogen) atoms. The van der Waals surface area contributed by atoms with E-state index < -0.39 is 0 Å². The fourth-order valence-electron chi connectivity index (χ4n) is 2.36. The van der Waals surface area contributed by atoms with E-state index in [2.05, 4.69) is 29.2 Å². The van der Waals surface area contributed by atoms with Gasteiger partial charge in [-0.15, -0.1) is 11.3 Å². The van der Waals surface area contributed by atoms with Gasteiger partial charge >= 0.3 is 0 Å². The molecule has 94 valence electrons. The second-order valence-corrected chi connectivity index (χ2v) is 5.80.